The molecular formula is C15H23NO. The van der Waals surface area contributed by atoms with Gasteiger partial charge in [-0.25, -0.2) is 0 Å². The molecule has 2 nitrogen and oxygen atoms in total. The van der Waals surface area contributed by atoms with E-state index in [2.05, 4.69) is 36.5 Å². The molecule has 1 N–H and O–H groups in total. The maximum absolute atomic E-state index is 6.09. The summed E-state index contributed by atoms with van der Waals surface area (Å²) in [6.07, 6.45) is 6.32. The number of ether oxygens (including phenoxy) is 1. The Hall–Kier alpha value is -1.02. The lowest BCUT2D eigenvalue weighted by Crippen LogP contribution is -2.36. The van der Waals surface area contributed by atoms with Gasteiger partial charge in [-0.15, -0.1) is 0 Å². The Morgan fingerprint density at radius 1 is 1.35 bits per heavy atom. The molecule has 0 heterocycles. The zero-order valence-electron chi connectivity index (χ0n) is 10.9. The summed E-state index contributed by atoms with van der Waals surface area (Å²) in [6.45, 7) is 2.18. The molecular weight excluding hydrogens is 210 g/mol. The quantitative estimate of drug-likeness (QED) is 0.862. The van der Waals surface area contributed by atoms with Crippen molar-refractivity contribution in [3.8, 4) is 5.75 Å². The van der Waals surface area contributed by atoms with Crippen molar-refractivity contribution in [3.63, 3.8) is 0 Å². The fourth-order valence-corrected chi connectivity index (χ4v) is 2.55. The minimum atomic E-state index is 0.383. The molecule has 1 aromatic carbocycles. The normalized spacial score (nSPS) is 24.6. The molecule has 1 aromatic rings. The SMILES string of the molecule is CCc1cccc(OC2CCCC(NC)C2)c1. The van der Waals surface area contributed by atoms with E-state index >= 15 is 0 Å². The van der Waals surface area contributed by atoms with Crippen LogP contribution in [0.15, 0.2) is 24.3 Å². The molecule has 0 radical (unpaired) electrons. The lowest BCUT2D eigenvalue weighted by atomic mass is 9.93. The van der Waals surface area contributed by atoms with Crippen molar-refractivity contribution in [1.82, 2.24) is 5.32 Å². The van der Waals surface area contributed by atoms with Gasteiger partial charge in [0, 0.05) is 6.04 Å². The number of rotatable bonds is 4. The first-order valence-electron chi connectivity index (χ1n) is 6.74. The standard InChI is InChI=1S/C15H23NO/c1-3-12-6-4-8-14(10-12)17-15-9-5-7-13(11-15)16-2/h4,6,8,10,13,15-16H,3,5,7,9,11H2,1-2H3. The first-order valence-corrected chi connectivity index (χ1v) is 6.74. The van der Waals surface area contributed by atoms with Crippen molar-refractivity contribution in [3.05, 3.63) is 29.8 Å². The van der Waals surface area contributed by atoms with Crippen LogP contribution in [0.25, 0.3) is 0 Å². The van der Waals surface area contributed by atoms with Crippen molar-refractivity contribution in [2.24, 2.45) is 0 Å². The molecule has 2 unspecified atom stereocenters. The Balaban J connectivity index is 1.95. The third kappa shape index (κ3) is 3.47. The number of hydrogen-bond acceptors (Lipinski definition) is 2. The maximum Gasteiger partial charge on any atom is 0.119 e. The molecule has 0 spiro atoms. The largest absolute Gasteiger partial charge is 0.490 e. The van der Waals surface area contributed by atoms with Crippen LogP contribution < -0.4 is 10.1 Å². The molecule has 94 valence electrons. The van der Waals surface area contributed by atoms with E-state index < -0.39 is 0 Å². The van der Waals surface area contributed by atoms with Crippen LogP contribution in [0.5, 0.6) is 5.75 Å². The first-order chi connectivity index (χ1) is 8.31. The highest BCUT2D eigenvalue weighted by Crippen LogP contribution is 2.24. The lowest BCUT2D eigenvalue weighted by molar-refractivity contribution is 0.137. The van der Waals surface area contributed by atoms with Crippen LogP contribution in [0.2, 0.25) is 0 Å². The molecule has 0 aliphatic heterocycles. The maximum atomic E-state index is 6.09. The van der Waals surface area contributed by atoms with Gasteiger partial charge in [0.1, 0.15) is 11.9 Å². The van der Waals surface area contributed by atoms with E-state index in [1.165, 1.54) is 24.8 Å². The van der Waals surface area contributed by atoms with Gasteiger partial charge in [-0.3, -0.25) is 0 Å². The van der Waals surface area contributed by atoms with Crippen LogP contribution in [0, 0.1) is 0 Å². The molecule has 0 aromatic heterocycles. The van der Waals surface area contributed by atoms with Crippen LogP contribution in [0.3, 0.4) is 0 Å². The van der Waals surface area contributed by atoms with E-state index in [0.717, 1.165) is 18.6 Å². The molecule has 1 aliphatic carbocycles. The summed E-state index contributed by atoms with van der Waals surface area (Å²) in [4.78, 5) is 0. The van der Waals surface area contributed by atoms with Crippen LogP contribution in [0.1, 0.15) is 38.2 Å². The molecule has 0 saturated heterocycles. The van der Waals surface area contributed by atoms with Crippen molar-refractivity contribution >= 4 is 0 Å². The molecule has 1 saturated carbocycles. The highest BCUT2D eigenvalue weighted by molar-refractivity contribution is 5.28. The van der Waals surface area contributed by atoms with Gasteiger partial charge >= 0.3 is 0 Å². The third-order valence-electron chi connectivity index (χ3n) is 3.64. The first kappa shape index (κ1) is 12.4. The van der Waals surface area contributed by atoms with Crippen molar-refractivity contribution in [2.75, 3.05) is 7.05 Å². The van der Waals surface area contributed by atoms with Gasteiger partial charge in [0.15, 0.2) is 0 Å². The molecule has 1 fully saturated rings. The van der Waals surface area contributed by atoms with E-state index in [1.54, 1.807) is 0 Å². The summed E-state index contributed by atoms with van der Waals surface area (Å²) in [5, 5.41) is 3.36. The summed E-state index contributed by atoms with van der Waals surface area (Å²) in [6, 6.07) is 9.12. The second kappa shape index (κ2) is 6.06. The van der Waals surface area contributed by atoms with Gasteiger partial charge in [0.25, 0.3) is 0 Å². The van der Waals surface area contributed by atoms with Crippen LogP contribution >= 0.6 is 0 Å². The predicted octanol–water partition coefficient (Wildman–Crippen LogP) is 3.16. The molecule has 2 rings (SSSR count). The summed E-state index contributed by atoms with van der Waals surface area (Å²) >= 11 is 0. The van der Waals surface area contributed by atoms with Gasteiger partial charge < -0.3 is 10.1 Å². The highest BCUT2D eigenvalue weighted by Gasteiger charge is 2.21. The van der Waals surface area contributed by atoms with Gasteiger partial charge in [-0.2, -0.15) is 0 Å². The Labute approximate surface area is 104 Å². The summed E-state index contributed by atoms with van der Waals surface area (Å²) in [5.41, 5.74) is 1.35. The molecule has 0 bridgehead atoms. The highest BCUT2D eigenvalue weighted by atomic mass is 16.5. The molecule has 1 aliphatic rings. The topological polar surface area (TPSA) is 21.3 Å². The average molecular weight is 233 g/mol. The van der Waals surface area contributed by atoms with E-state index in [-0.39, 0.29) is 0 Å². The van der Waals surface area contributed by atoms with Gasteiger partial charge in [0.05, 0.1) is 0 Å². The second-order valence-electron chi connectivity index (χ2n) is 4.89. The summed E-state index contributed by atoms with van der Waals surface area (Å²) < 4.78 is 6.09. The van der Waals surface area contributed by atoms with Crippen molar-refractivity contribution < 1.29 is 4.74 Å². The molecule has 17 heavy (non-hydrogen) atoms. The van der Waals surface area contributed by atoms with Gasteiger partial charge in [-0.1, -0.05) is 19.1 Å². The minimum absolute atomic E-state index is 0.383. The van der Waals surface area contributed by atoms with Crippen LogP contribution in [-0.4, -0.2) is 19.2 Å². The van der Waals surface area contributed by atoms with Gasteiger partial charge in [-0.05, 0) is 56.8 Å². The average Bonchev–Trinajstić information content (AvgIpc) is 2.39. The number of aryl methyl sites for hydroxylation is 1. The Morgan fingerprint density at radius 3 is 3.00 bits per heavy atom. The summed E-state index contributed by atoms with van der Waals surface area (Å²) in [7, 11) is 2.05. The molecule has 2 atom stereocenters. The minimum Gasteiger partial charge on any atom is -0.490 e. The van der Waals surface area contributed by atoms with Crippen molar-refractivity contribution in [2.45, 2.75) is 51.2 Å². The zero-order chi connectivity index (χ0) is 12.1. The van der Waals surface area contributed by atoms with E-state index in [4.69, 9.17) is 4.74 Å². The molecule has 0 amide bonds. The fourth-order valence-electron chi connectivity index (χ4n) is 2.55. The van der Waals surface area contributed by atoms with Crippen LogP contribution in [-0.2, 0) is 6.42 Å². The van der Waals surface area contributed by atoms with Gasteiger partial charge in [0.2, 0.25) is 0 Å². The van der Waals surface area contributed by atoms with E-state index in [0.29, 0.717) is 12.1 Å². The Kier molecular flexibility index (Phi) is 4.43. The second-order valence-corrected chi connectivity index (χ2v) is 4.89. The number of nitrogens with one attached hydrogen (secondary N) is 1. The zero-order valence-corrected chi connectivity index (χ0v) is 10.9. The molecule has 2 heteroatoms. The Bertz CT molecular complexity index is 351. The fraction of sp³-hybridized carbons (Fsp3) is 0.600. The Morgan fingerprint density at radius 2 is 2.24 bits per heavy atom. The lowest BCUT2D eigenvalue weighted by Gasteiger charge is -2.29. The third-order valence-corrected chi connectivity index (χ3v) is 3.64. The monoisotopic (exact) mass is 233 g/mol. The number of hydrogen-bond donors (Lipinski definition) is 1. The van der Waals surface area contributed by atoms with E-state index in [1.807, 2.05) is 7.05 Å². The summed E-state index contributed by atoms with van der Waals surface area (Å²) in [5.74, 6) is 1.03. The van der Waals surface area contributed by atoms with Crippen LogP contribution in [0.4, 0.5) is 0 Å². The smallest absolute Gasteiger partial charge is 0.119 e. The van der Waals surface area contributed by atoms with E-state index in [9.17, 15) is 0 Å². The van der Waals surface area contributed by atoms with Crippen molar-refractivity contribution in [1.29, 1.82) is 0 Å². The predicted molar refractivity (Wildman–Crippen MR) is 71.6 cm³/mol. The number of benzene rings is 1.